The summed E-state index contributed by atoms with van der Waals surface area (Å²) in [5.41, 5.74) is 5.75. The van der Waals surface area contributed by atoms with Crippen LogP contribution in [0.15, 0.2) is 35.2 Å². The van der Waals surface area contributed by atoms with Crippen LogP contribution in [0.1, 0.15) is 57.2 Å². The fourth-order valence-electron chi connectivity index (χ4n) is 4.66. The first-order valence-electron chi connectivity index (χ1n) is 10.7. The minimum atomic E-state index is -0.183. The summed E-state index contributed by atoms with van der Waals surface area (Å²) in [7, 11) is 3.32. The van der Waals surface area contributed by atoms with Gasteiger partial charge in [-0.05, 0) is 58.6 Å². The van der Waals surface area contributed by atoms with Crippen LogP contribution in [0.25, 0.3) is 17.2 Å². The van der Waals surface area contributed by atoms with Gasteiger partial charge in [0.2, 0.25) is 0 Å². The van der Waals surface area contributed by atoms with Crippen molar-refractivity contribution < 1.29 is 14.3 Å². The van der Waals surface area contributed by atoms with Crippen LogP contribution in [-0.4, -0.2) is 24.4 Å². The molecule has 0 atom stereocenters. The highest BCUT2D eigenvalue weighted by molar-refractivity contribution is 8.26. The molecule has 1 amide bonds. The maximum atomic E-state index is 12.2. The summed E-state index contributed by atoms with van der Waals surface area (Å²) in [6.45, 7) is 9.28. The number of thiocarbonyl (C=S) groups is 1. The molecule has 2 aromatic carbocycles. The van der Waals surface area contributed by atoms with Crippen molar-refractivity contribution in [2.75, 3.05) is 14.2 Å². The highest BCUT2D eigenvalue weighted by Gasteiger charge is 2.37. The van der Waals surface area contributed by atoms with E-state index in [2.05, 4.69) is 51.2 Å². The van der Waals surface area contributed by atoms with Gasteiger partial charge in [0, 0.05) is 5.56 Å². The summed E-state index contributed by atoms with van der Waals surface area (Å²) < 4.78 is 12.1. The van der Waals surface area contributed by atoms with Crippen molar-refractivity contribution in [2.45, 2.75) is 51.4 Å². The standard InChI is InChI=1S/C26H29NO3S2/c1-25(2)11-12-26(3,4)18-13-15(7-9-17(18)25)21-19(29-5)10-8-16(22(21)30-6)14-20-23(28)27-24(31)32-20/h7-10,13-14H,11-12H2,1-6H3,(H,27,28,31)/b20-14+. The van der Waals surface area contributed by atoms with Gasteiger partial charge in [-0.2, -0.15) is 0 Å². The number of benzene rings is 2. The fourth-order valence-corrected chi connectivity index (χ4v) is 5.70. The number of thioether (sulfide) groups is 1. The van der Waals surface area contributed by atoms with Crippen molar-refractivity contribution in [1.29, 1.82) is 0 Å². The number of hydrogen-bond donors (Lipinski definition) is 1. The van der Waals surface area contributed by atoms with Crippen molar-refractivity contribution in [3.63, 3.8) is 0 Å². The lowest BCUT2D eigenvalue weighted by Crippen LogP contribution is -2.33. The molecule has 0 spiro atoms. The Morgan fingerprint density at radius 2 is 1.69 bits per heavy atom. The number of methoxy groups -OCH3 is 2. The molecule has 32 heavy (non-hydrogen) atoms. The van der Waals surface area contributed by atoms with E-state index in [-0.39, 0.29) is 16.7 Å². The minimum Gasteiger partial charge on any atom is -0.496 e. The highest BCUT2D eigenvalue weighted by Crippen LogP contribution is 2.49. The van der Waals surface area contributed by atoms with Gasteiger partial charge >= 0.3 is 0 Å². The van der Waals surface area contributed by atoms with E-state index in [0.717, 1.165) is 28.9 Å². The number of carbonyl (C=O) groups is 1. The Labute approximate surface area is 199 Å². The Morgan fingerprint density at radius 3 is 2.28 bits per heavy atom. The van der Waals surface area contributed by atoms with Crippen molar-refractivity contribution in [1.82, 2.24) is 5.32 Å². The number of ether oxygens (including phenoxy) is 2. The van der Waals surface area contributed by atoms with E-state index in [1.54, 1.807) is 14.2 Å². The molecule has 2 aliphatic rings. The Morgan fingerprint density at radius 1 is 1.00 bits per heavy atom. The quantitative estimate of drug-likeness (QED) is 0.428. The summed E-state index contributed by atoms with van der Waals surface area (Å²) in [4.78, 5) is 12.8. The Kier molecular flexibility index (Phi) is 5.88. The molecule has 1 saturated heterocycles. The molecule has 4 nitrogen and oxygen atoms in total. The maximum absolute atomic E-state index is 12.2. The summed E-state index contributed by atoms with van der Waals surface area (Å²) >= 11 is 6.39. The molecule has 0 aromatic heterocycles. The third-order valence-corrected chi connectivity index (χ3v) is 7.81. The Hall–Kier alpha value is -2.31. The summed E-state index contributed by atoms with van der Waals surface area (Å²) in [6, 6.07) is 10.5. The molecule has 6 heteroatoms. The minimum absolute atomic E-state index is 0.0925. The molecule has 4 rings (SSSR count). The first-order chi connectivity index (χ1) is 15.1. The van der Waals surface area contributed by atoms with E-state index < -0.39 is 0 Å². The molecular formula is C26H29NO3S2. The zero-order chi connectivity index (χ0) is 23.3. The number of fused-ring (bicyclic) bond motifs is 1. The summed E-state index contributed by atoms with van der Waals surface area (Å²) in [5, 5.41) is 2.67. The van der Waals surface area contributed by atoms with Crippen LogP contribution >= 0.6 is 24.0 Å². The second kappa shape index (κ2) is 8.23. The van der Waals surface area contributed by atoms with E-state index in [1.165, 1.54) is 29.3 Å². The van der Waals surface area contributed by atoms with Crippen LogP contribution in [0.4, 0.5) is 0 Å². The molecule has 0 unspecified atom stereocenters. The van der Waals surface area contributed by atoms with Gasteiger partial charge in [0.05, 0.1) is 24.7 Å². The average Bonchev–Trinajstić information content (AvgIpc) is 3.07. The van der Waals surface area contributed by atoms with Crippen LogP contribution < -0.4 is 14.8 Å². The normalized spacial score (nSPS) is 20.1. The lowest BCUT2D eigenvalue weighted by atomic mass is 9.63. The molecule has 0 radical (unpaired) electrons. The van der Waals surface area contributed by atoms with Crippen LogP contribution in [-0.2, 0) is 15.6 Å². The van der Waals surface area contributed by atoms with Gasteiger partial charge in [-0.3, -0.25) is 4.79 Å². The highest BCUT2D eigenvalue weighted by atomic mass is 32.2. The lowest BCUT2D eigenvalue weighted by molar-refractivity contribution is -0.115. The molecule has 2 aromatic rings. The number of amides is 1. The van der Waals surface area contributed by atoms with E-state index >= 15 is 0 Å². The Bertz CT molecular complexity index is 1150. The third-order valence-electron chi connectivity index (χ3n) is 6.64. The molecule has 1 heterocycles. The number of carbonyl (C=O) groups excluding carboxylic acids is 1. The molecule has 168 valence electrons. The maximum Gasteiger partial charge on any atom is 0.263 e. The van der Waals surface area contributed by atoms with Crippen LogP contribution in [0.3, 0.4) is 0 Å². The van der Waals surface area contributed by atoms with E-state index in [4.69, 9.17) is 21.7 Å². The predicted molar refractivity (Wildman–Crippen MR) is 137 cm³/mol. The van der Waals surface area contributed by atoms with E-state index in [1.807, 2.05) is 18.2 Å². The van der Waals surface area contributed by atoms with Gasteiger partial charge in [-0.1, -0.05) is 69.9 Å². The molecule has 1 fully saturated rings. The zero-order valence-electron chi connectivity index (χ0n) is 19.4. The van der Waals surface area contributed by atoms with Crippen molar-refractivity contribution in [2.24, 2.45) is 0 Å². The number of rotatable bonds is 4. The van der Waals surface area contributed by atoms with Crippen molar-refractivity contribution in [3.8, 4) is 22.6 Å². The van der Waals surface area contributed by atoms with E-state index in [9.17, 15) is 4.79 Å². The van der Waals surface area contributed by atoms with Crippen molar-refractivity contribution in [3.05, 3.63) is 51.9 Å². The second-order valence-corrected chi connectivity index (χ2v) is 11.4. The monoisotopic (exact) mass is 467 g/mol. The molecule has 1 aliphatic heterocycles. The summed E-state index contributed by atoms with van der Waals surface area (Å²) in [6.07, 6.45) is 4.14. The van der Waals surface area contributed by atoms with Crippen LogP contribution in [0, 0.1) is 0 Å². The van der Waals surface area contributed by atoms with Gasteiger partial charge in [-0.25, -0.2) is 0 Å². The zero-order valence-corrected chi connectivity index (χ0v) is 21.1. The van der Waals surface area contributed by atoms with Gasteiger partial charge in [0.25, 0.3) is 5.91 Å². The SMILES string of the molecule is COc1ccc(/C=C2/SC(=S)NC2=O)c(OC)c1-c1ccc2c(c1)C(C)(C)CCC2(C)C. The first kappa shape index (κ1) is 22.9. The lowest BCUT2D eigenvalue weighted by Gasteiger charge is -2.42. The molecule has 0 bridgehead atoms. The Balaban J connectivity index is 1.91. The fraction of sp³-hybridized carbons (Fsp3) is 0.385. The van der Waals surface area contributed by atoms with Gasteiger partial charge in [0.15, 0.2) is 0 Å². The largest absolute Gasteiger partial charge is 0.496 e. The van der Waals surface area contributed by atoms with Crippen LogP contribution in [0.2, 0.25) is 0 Å². The van der Waals surface area contributed by atoms with Gasteiger partial charge in [0.1, 0.15) is 15.8 Å². The second-order valence-electron chi connectivity index (χ2n) is 9.65. The average molecular weight is 468 g/mol. The predicted octanol–water partition coefficient (Wildman–Crippen LogP) is 6.21. The molecular weight excluding hydrogens is 438 g/mol. The van der Waals surface area contributed by atoms with Crippen LogP contribution in [0.5, 0.6) is 11.5 Å². The third kappa shape index (κ3) is 3.95. The van der Waals surface area contributed by atoms with Gasteiger partial charge in [-0.15, -0.1) is 0 Å². The topological polar surface area (TPSA) is 47.6 Å². The molecule has 1 N–H and O–H groups in total. The smallest absolute Gasteiger partial charge is 0.263 e. The number of hydrogen-bond acceptors (Lipinski definition) is 5. The first-order valence-corrected chi connectivity index (χ1v) is 11.9. The summed E-state index contributed by atoms with van der Waals surface area (Å²) in [5.74, 6) is 1.23. The molecule has 0 saturated carbocycles. The van der Waals surface area contributed by atoms with E-state index in [0.29, 0.717) is 15.0 Å². The van der Waals surface area contributed by atoms with Gasteiger partial charge < -0.3 is 14.8 Å². The number of nitrogens with one attached hydrogen (secondary N) is 1. The van der Waals surface area contributed by atoms with Crippen molar-refractivity contribution >= 4 is 40.3 Å². The molecule has 1 aliphatic carbocycles.